The summed E-state index contributed by atoms with van der Waals surface area (Å²) < 4.78 is 6.23. The van der Waals surface area contributed by atoms with Crippen molar-refractivity contribution < 1.29 is 9.32 Å². The molecule has 3 rings (SSSR count). The molecular weight excluding hydrogens is 382 g/mol. The fraction of sp³-hybridized carbons (Fsp3) is 0.211. The third-order valence-electron chi connectivity index (χ3n) is 4.02. The van der Waals surface area contributed by atoms with Gasteiger partial charge >= 0.3 is 0 Å². The van der Waals surface area contributed by atoms with Gasteiger partial charge < -0.3 is 9.42 Å². The van der Waals surface area contributed by atoms with Gasteiger partial charge in [-0.15, -0.1) is 0 Å². The smallest absolute Gasteiger partial charge is 0.254 e. The summed E-state index contributed by atoms with van der Waals surface area (Å²) in [4.78, 5) is 18.5. The summed E-state index contributed by atoms with van der Waals surface area (Å²) in [6.07, 6.45) is 0. The second-order valence-electron chi connectivity index (χ2n) is 5.98. The van der Waals surface area contributed by atoms with Gasteiger partial charge in [-0.25, -0.2) is 0 Å². The van der Waals surface area contributed by atoms with Crippen LogP contribution >= 0.6 is 15.9 Å². The van der Waals surface area contributed by atoms with Crippen LogP contribution in [0.2, 0.25) is 0 Å². The molecule has 1 heterocycles. The first kappa shape index (κ1) is 17.4. The van der Waals surface area contributed by atoms with Crippen molar-refractivity contribution in [2.45, 2.75) is 20.4 Å². The van der Waals surface area contributed by atoms with Crippen LogP contribution in [0.15, 0.2) is 51.5 Å². The minimum atomic E-state index is -0.0784. The van der Waals surface area contributed by atoms with Crippen LogP contribution in [0.4, 0.5) is 0 Å². The Morgan fingerprint density at radius 3 is 2.68 bits per heavy atom. The third kappa shape index (κ3) is 3.96. The van der Waals surface area contributed by atoms with E-state index in [1.165, 1.54) is 0 Å². The molecule has 1 aromatic heterocycles. The fourth-order valence-electron chi connectivity index (χ4n) is 2.43. The third-order valence-corrected chi connectivity index (χ3v) is 4.52. The van der Waals surface area contributed by atoms with Crippen molar-refractivity contribution in [3.63, 3.8) is 0 Å². The van der Waals surface area contributed by atoms with E-state index in [0.717, 1.165) is 21.2 Å². The zero-order chi connectivity index (χ0) is 18.0. The maximum absolute atomic E-state index is 12.6. The Labute approximate surface area is 154 Å². The van der Waals surface area contributed by atoms with E-state index in [1.54, 1.807) is 11.9 Å². The first-order chi connectivity index (χ1) is 11.9. The van der Waals surface area contributed by atoms with Crippen LogP contribution in [0.3, 0.4) is 0 Å². The van der Waals surface area contributed by atoms with Crippen molar-refractivity contribution in [3.05, 3.63) is 69.5 Å². The lowest BCUT2D eigenvalue weighted by atomic mass is 10.1. The molecule has 0 radical (unpaired) electrons. The molecule has 3 aromatic rings. The molecule has 0 saturated heterocycles. The van der Waals surface area contributed by atoms with Crippen LogP contribution in [0.1, 0.15) is 27.4 Å². The largest absolute Gasteiger partial charge is 0.337 e. The minimum absolute atomic E-state index is 0.0784. The standard InChI is InChI=1S/C19H18BrN3O2/c1-12-7-8-15(9-13(12)2)19(24)23(3)11-17-21-18(22-25-17)14-5-4-6-16(20)10-14/h4-10H,11H2,1-3H3. The molecule has 0 spiro atoms. The summed E-state index contributed by atoms with van der Waals surface area (Å²) in [5.41, 5.74) is 3.76. The first-order valence-electron chi connectivity index (χ1n) is 7.85. The zero-order valence-corrected chi connectivity index (χ0v) is 15.9. The van der Waals surface area contributed by atoms with Crippen LogP contribution in [0.5, 0.6) is 0 Å². The highest BCUT2D eigenvalue weighted by Gasteiger charge is 2.16. The maximum Gasteiger partial charge on any atom is 0.254 e. The van der Waals surface area contributed by atoms with Crippen molar-refractivity contribution in [3.8, 4) is 11.4 Å². The minimum Gasteiger partial charge on any atom is -0.337 e. The Balaban J connectivity index is 1.74. The van der Waals surface area contributed by atoms with Crippen molar-refractivity contribution in [2.75, 3.05) is 7.05 Å². The molecule has 0 aliphatic heterocycles. The second-order valence-corrected chi connectivity index (χ2v) is 6.90. The lowest BCUT2D eigenvalue weighted by Gasteiger charge is -2.15. The average Bonchev–Trinajstić information content (AvgIpc) is 3.05. The van der Waals surface area contributed by atoms with Gasteiger partial charge in [0.2, 0.25) is 11.7 Å². The molecule has 0 unspecified atom stereocenters. The summed E-state index contributed by atoms with van der Waals surface area (Å²) in [6.45, 7) is 4.27. The van der Waals surface area contributed by atoms with E-state index in [-0.39, 0.29) is 12.5 Å². The molecular formula is C19H18BrN3O2. The number of carbonyl (C=O) groups is 1. The SMILES string of the molecule is Cc1ccc(C(=O)N(C)Cc2nc(-c3cccc(Br)c3)no2)cc1C. The van der Waals surface area contributed by atoms with Crippen LogP contribution in [0, 0.1) is 13.8 Å². The van der Waals surface area contributed by atoms with Crippen LogP contribution in [0.25, 0.3) is 11.4 Å². The average molecular weight is 400 g/mol. The Hall–Kier alpha value is -2.47. The Morgan fingerprint density at radius 1 is 1.16 bits per heavy atom. The van der Waals surface area contributed by atoms with Gasteiger partial charge in [-0.2, -0.15) is 4.98 Å². The quantitative estimate of drug-likeness (QED) is 0.652. The molecule has 1 amide bonds. The molecule has 0 fully saturated rings. The summed E-state index contributed by atoms with van der Waals surface area (Å²) in [5, 5.41) is 3.99. The number of rotatable bonds is 4. The van der Waals surface area contributed by atoms with E-state index < -0.39 is 0 Å². The predicted octanol–water partition coefficient (Wildman–Crippen LogP) is 4.39. The highest BCUT2D eigenvalue weighted by Crippen LogP contribution is 2.21. The van der Waals surface area contributed by atoms with Gasteiger partial charge in [-0.3, -0.25) is 4.79 Å². The number of hydrogen-bond donors (Lipinski definition) is 0. The lowest BCUT2D eigenvalue weighted by molar-refractivity contribution is 0.0769. The van der Waals surface area contributed by atoms with Gasteiger partial charge in [0.1, 0.15) is 0 Å². The Bertz CT molecular complexity index is 921. The number of hydrogen-bond acceptors (Lipinski definition) is 4. The first-order valence-corrected chi connectivity index (χ1v) is 8.64. The number of halogens is 1. The van der Waals surface area contributed by atoms with Gasteiger partial charge in [0.05, 0.1) is 6.54 Å². The number of benzene rings is 2. The summed E-state index contributed by atoms with van der Waals surface area (Å²) in [6, 6.07) is 13.3. The Morgan fingerprint density at radius 2 is 1.96 bits per heavy atom. The number of carbonyl (C=O) groups excluding carboxylic acids is 1. The van der Waals surface area contributed by atoms with E-state index in [1.807, 2.05) is 56.3 Å². The van der Waals surface area contributed by atoms with E-state index in [0.29, 0.717) is 17.3 Å². The lowest BCUT2D eigenvalue weighted by Crippen LogP contribution is -2.26. The topological polar surface area (TPSA) is 59.2 Å². The zero-order valence-electron chi connectivity index (χ0n) is 14.3. The van der Waals surface area contributed by atoms with Gasteiger partial charge in [0.25, 0.3) is 5.91 Å². The molecule has 0 aliphatic rings. The molecule has 25 heavy (non-hydrogen) atoms. The predicted molar refractivity (Wildman–Crippen MR) is 99.1 cm³/mol. The maximum atomic E-state index is 12.6. The summed E-state index contributed by atoms with van der Waals surface area (Å²) in [7, 11) is 1.72. The molecule has 0 aliphatic carbocycles. The molecule has 128 valence electrons. The van der Waals surface area contributed by atoms with Crippen LogP contribution < -0.4 is 0 Å². The van der Waals surface area contributed by atoms with Gasteiger partial charge in [0, 0.05) is 22.6 Å². The number of aryl methyl sites for hydroxylation is 2. The van der Waals surface area contributed by atoms with Crippen molar-refractivity contribution in [1.82, 2.24) is 15.0 Å². The Kier molecular flexibility index (Phi) is 4.99. The number of aromatic nitrogens is 2. The number of nitrogens with zero attached hydrogens (tertiary/aromatic N) is 3. The molecule has 6 heteroatoms. The molecule has 0 bridgehead atoms. The molecule has 0 saturated carbocycles. The van der Waals surface area contributed by atoms with Gasteiger partial charge in [-0.1, -0.05) is 39.3 Å². The number of amides is 1. The molecule has 2 aromatic carbocycles. The summed E-state index contributed by atoms with van der Waals surface area (Å²) in [5.74, 6) is 0.822. The van der Waals surface area contributed by atoms with E-state index in [9.17, 15) is 4.79 Å². The molecule has 0 atom stereocenters. The second kappa shape index (κ2) is 7.19. The van der Waals surface area contributed by atoms with E-state index >= 15 is 0 Å². The van der Waals surface area contributed by atoms with Crippen LogP contribution in [-0.2, 0) is 6.54 Å². The van der Waals surface area contributed by atoms with Crippen molar-refractivity contribution in [1.29, 1.82) is 0 Å². The van der Waals surface area contributed by atoms with Crippen molar-refractivity contribution >= 4 is 21.8 Å². The van der Waals surface area contributed by atoms with E-state index in [4.69, 9.17) is 4.52 Å². The van der Waals surface area contributed by atoms with Crippen LogP contribution in [-0.4, -0.2) is 28.0 Å². The highest BCUT2D eigenvalue weighted by atomic mass is 79.9. The normalized spacial score (nSPS) is 10.7. The van der Waals surface area contributed by atoms with Gasteiger partial charge in [-0.05, 0) is 49.2 Å². The van der Waals surface area contributed by atoms with Crippen molar-refractivity contribution in [2.24, 2.45) is 0 Å². The van der Waals surface area contributed by atoms with E-state index in [2.05, 4.69) is 26.1 Å². The summed E-state index contributed by atoms with van der Waals surface area (Å²) >= 11 is 3.42. The fourth-order valence-corrected chi connectivity index (χ4v) is 2.83. The molecule has 0 N–H and O–H groups in total. The monoisotopic (exact) mass is 399 g/mol. The highest BCUT2D eigenvalue weighted by molar-refractivity contribution is 9.10. The molecule has 5 nitrogen and oxygen atoms in total. The van der Waals surface area contributed by atoms with Gasteiger partial charge in [0.15, 0.2) is 0 Å².